The standard InChI is InChI=1S/C24H43O5P.2K/c25-30(26,27)29-28-23-19-14-12-10-8-6-4-2-1-3-5-7-9-11-13-16-20-24-21-17-15-18-22-24;;/h15,17-18,21-22H,1-14,16,19-20,23H2,(H2,25,26,27);;/q;2*+1/p-2. The first-order valence-corrected chi connectivity index (χ1v) is 13.4. The Morgan fingerprint density at radius 1 is 0.594 bits per heavy atom. The average molecular weight is 519 g/mol. The molecule has 5 nitrogen and oxygen atoms in total. The Bertz CT molecular complexity index is 542. The smallest absolute Gasteiger partial charge is 0.788 e. The van der Waals surface area contributed by atoms with Gasteiger partial charge in [0.1, 0.15) is 7.82 Å². The predicted molar refractivity (Wildman–Crippen MR) is 119 cm³/mol. The molecule has 0 unspecified atom stereocenters. The fourth-order valence-electron chi connectivity index (χ4n) is 3.71. The fourth-order valence-corrected chi connectivity index (χ4v) is 3.92. The molecular weight excluding hydrogens is 477 g/mol. The topological polar surface area (TPSA) is 81.7 Å². The number of aryl methyl sites for hydroxylation is 1. The van der Waals surface area contributed by atoms with Gasteiger partial charge in [0.05, 0.1) is 6.61 Å². The van der Waals surface area contributed by atoms with E-state index in [0.29, 0.717) is 6.42 Å². The van der Waals surface area contributed by atoms with Crippen LogP contribution in [0.2, 0.25) is 0 Å². The summed E-state index contributed by atoms with van der Waals surface area (Å²) < 4.78 is 13.9. The minimum absolute atomic E-state index is 0. The largest absolute Gasteiger partial charge is 1.00 e. The summed E-state index contributed by atoms with van der Waals surface area (Å²) in [6.07, 6.45) is 21.4. The molecule has 0 aliphatic rings. The molecule has 0 atom stereocenters. The zero-order valence-corrected chi connectivity index (χ0v) is 27.7. The van der Waals surface area contributed by atoms with Gasteiger partial charge in [-0.2, -0.15) is 0 Å². The van der Waals surface area contributed by atoms with E-state index in [-0.39, 0.29) is 109 Å². The Balaban J connectivity index is 0. The van der Waals surface area contributed by atoms with Gasteiger partial charge in [-0.15, -0.1) is 0 Å². The molecule has 174 valence electrons. The van der Waals surface area contributed by atoms with Crippen molar-refractivity contribution < 1.29 is 127 Å². The summed E-state index contributed by atoms with van der Waals surface area (Å²) in [6, 6.07) is 10.8. The van der Waals surface area contributed by atoms with Crippen LogP contribution in [-0.2, 0) is 20.5 Å². The molecule has 8 heteroatoms. The Kier molecular flexibility index (Phi) is 30.5. The number of rotatable bonds is 21. The van der Waals surface area contributed by atoms with Crippen molar-refractivity contribution in [3.63, 3.8) is 0 Å². The van der Waals surface area contributed by atoms with Gasteiger partial charge in [-0.25, -0.2) is 9.56 Å². The summed E-state index contributed by atoms with van der Waals surface area (Å²) in [4.78, 5) is 24.7. The maximum atomic E-state index is 10.2. The van der Waals surface area contributed by atoms with Crippen molar-refractivity contribution in [1.29, 1.82) is 0 Å². The Morgan fingerprint density at radius 3 is 1.38 bits per heavy atom. The molecule has 0 N–H and O–H groups in total. The fraction of sp³-hybridized carbons (Fsp3) is 0.750. The molecule has 0 bridgehead atoms. The minimum atomic E-state index is -4.99. The Hall–Kier alpha value is 2.56. The van der Waals surface area contributed by atoms with Crippen LogP contribution in [0.25, 0.3) is 0 Å². The van der Waals surface area contributed by atoms with E-state index in [0.717, 1.165) is 12.8 Å². The maximum Gasteiger partial charge on any atom is 1.00 e. The summed E-state index contributed by atoms with van der Waals surface area (Å²) in [6.45, 7) is 0.155. The number of benzene rings is 1. The molecule has 1 aromatic rings. The molecule has 0 heterocycles. The van der Waals surface area contributed by atoms with E-state index >= 15 is 0 Å². The van der Waals surface area contributed by atoms with Crippen LogP contribution in [-0.4, -0.2) is 6.61 Å². The normalized spacial score (nSPS) is 11.1. The first kappa shape index (κ1) is 36.7. The third-order valence-corrected chi connectivity index (χ3v) is 5.72. The monoisotopic (exact) mass is 518 g/mol. The van der Waals surface area contributed by atoms with E-state index in [2.05, 4.69) is 39.9 Å². The third-order valence-electron chi connectivity index (χ3n) is 5.43. The van der Waals surface area contributed by atoms with Crippen LogP contribution in [0.4, 0.5) is 0 Å². The second kappa shape index (κ2) is 26.6. The van der Waals surface area contributed by atoms with Crippen LogP contribution in [0.3, 0.4) is 0 Å². The predicted octanol–water partition coefficient (Wildman–Crippen LogP) is 0.256. The van der Waals surface area contributed by atoms with Gasteiger partial charge in [0.15, 0.2) is 0 Å². The number of hydrogen-bond donors (Lipinski definition) is 0. The molecule has 0 fully saturated rings. The van der Waals surface area contributed by atoms with Crippen molar-refractivity contribution in [2.24, 2.45) is 0 Å². The van der Waals surface area contributed by atoms with Crippen LogP contribution < -0.4 is 113 Å². The van der Waals surface area contributed by atoms with Crippen LogP contribution >= 0.6 is 7.82 Å². The van der Waals surface area contributed by atoms with Gasteiger partial charge >= 0.3 is 103 Å². The summed E-state index contributed by atoms with van der Waals surface area (Å²) in [7, 11) is -4.99. The quantitative estimate of drug-likeness (QED) is 0.0767. The SMILES string of the molecule is O=P([O-])([O-])OOCCCCCCCCCCCCCCCCCCc1ccccc1.[K+].[K+]. The van der Waals surface area contributed by atoms with Crippen LogP contribution in [0.1, 0.15) is 108 Å². The zero-order valence-electron chi connectivity index (χ0n) is 20.6. The van der Waals surface area contributed by atoms with Gasteiger partial charge in [-0.3, -0.25) is 0 Å². The van der Waals surface area contributed by atoms with Crippen molar-refractivity contribution in [1.82, 2.24) is 0 Å². The Labute approximate surface area is 281 Å². The van der Waals surface area contributed by atoms with Crippen molar-refractivity contribution in [3.05, 3.63) is 35.9 Å². The van der Waals surface area contributed by atoms with E-state index in [1.165, 1.54) is 95.5 Å². The maximum absolute atomic E-state index is 10.2. The average Bonchev–Trinajstić information content (AvgIpc) is 2.72. The van der Waals surface area contributed by atoms with Crippen LogP contribution in [0.5, 0.6) is 0 Å². The van der Waals surface area contributed by atoms with Crippen LogP contribution in [0.15, 0.2) is 30.3 Å². The van der Waals surface area contributed by atoms with Crippen LogP contribution in [0, 0.1) is 0 Å². The van der Waals surface area contributed by atoms with Gasteiger partial charge in [0.25, 0.3) is 0 Å². The Morgan fingerprint density at radius 2 is 0.969 bits per heavy atom. The van der Waals surface area contributed by atoms with E-state index in [1.54, 1.807) is 0 Å². The molecule has 1 aromatic carbocycles. The molecule has 0 aliphatic carbocycles. The number of phosphoric acid groups is 1. The molecule has 0 spiro atoms. The first-order valence-electron chi connectivity index (χ1n) is 11.9. The van der Waals surface area contributed by atoms with Gasteiger partial charge in [-0.1, -0.05) is 120 Å². The second-order valence-corrected chi connectivity index (χ2v) is 9.28. The summed E-state index contributed by atoms with van der Waals surface area (Å²) in [5.74, 6) is 0. The second-order valence-electron chi connectivity index (χ2n) is 8.24. The molecule has 0 amide bonds. The summed E-state index contributed by atoms with van der Waals surface area (Å²) >= 11 is 0. The number of unbranched alkanes of at least 4 members (excludes halogenated alkanes) is 15. The van der Waals surface area contributed by atoms with Gasteiger partial charge < -0.3 is 14.4 Å². The molecular formula is C24H41K2O5P. The summed E-state index contributed by atoms with van der Waals surface area (Å²) in [5, 5.41) is 0. The van der Waals surface area contributed by atoms with Gasteiger partial charge in [-0.05, 0) is 24.8 Å². The van der Waals surface area contributed by atoms with E-state index in [9.17, 15) is 14.4 Å². The molecule has 0 radical (unpaired) electrons. The molecule has 0 saturated heterocycles. The summed E-state index contributed by atoms with van der Waals surface area (Å²) in [5.41, 5.74) is 1.47. The van der Waals surface area contributed by atoms with Crippen molar-refractivity contribution in [3.8, 4) is 0 Å². The van der Waals surface area contributed by atoms with E-state index in [1.807, 2.05) is 0 Å². The molecule has 1 rings (SSSR count). The van der Waals surface area contributed by atoms with E-state index < -0.39 is 7.82 Å². The number of hydrogen-bond acceptors (Lipinski definition) is 5. The minimum Gasteiger partial charge on any atom is -0.788 e. The van der Waals surface area contributed by atoms with Gasteiger partial charge in [0, 0.05) is 0 Å². The van der Waals surface area contributed by atoms with Crippen molar-refractivity contribution in [2.75, 3.05) is 6.61 Å². The van der Waals surface area contributed by atoms with Crippen molar-refractivity contribution >= 4 is 7.82 Å². The van der Waals surface area contributed by atoms with Crippen molar-refractivity contribution in [2.45, 2.75) is 109 Å². The first-order chi connectivity index (χ1) is 14.6. The molecule has 0 aliphatic heterocycles. The molecule has 0 saturated carbocycles. The molecule has 0 aromatic heterocycles. The van der Waals surface area contributed by atoms with Gasteiger partial charge in [0.2, 0.25) is 0 Å². The van der Waals surface area contributed by atoms with E-state index in [4.69, 9.17) is 0 Å². The zero-order chi connectivity index (χ0) is 21.8. The third kappa shape index (κ3) is 27.2. The molecule has 32 heavy (non-hydrogen) atoms.